The highest BCUT2D eigenvalue weighted by molar-refractivity contribution is 7.89. The molecule has 0 fully saturated rings. The molecule has 2 amide bonds. The van der Waals surface area contributed by atoms with Gasteiger partial charge in [0.15, 0.2) is 0 Å². The molecule has 3 rings (SSSR count). The van der Waals surface area contributed by atoms with Crippen LogP contribution in [0.4, 0.5) is 5.69 Å². The van der Waals surface area contributed by atoms with Crippen molar-refractivity contribution in [2.75, 3.05) is 11.9 Å². The average molecular weight is 472 g/mol. The Morgan fingerprint density at radius 1 is 1.03 bits per heavy atom. The van der Waals surface area contributed by atoms with E-state index in [-0.39, 0.29) is 35.6 Å². The van der Waals surface area contributed by atoms with E-state index >= 15 is 0 Å². The fraction of sp³-hybridized carbons (Fsp3) is 0.440. The van der Waals surface area contributed by atoms with Gasteiger partial charge in [-0.15, -0.1) is 0 Å². The molecule has 0 saturated carbocycles. The van der Waals surface area contributed by atoms with Crippen LogP contribution in [0.5, 0.6) is 0 Å². The lowest BCUT2D eigenvalue weighted by Gasteiger charge is -2.16. The maximum atomic E-state index is 12.6. The molecule has 0 spiro atoms. The van der Waals surface area contributed by atoms with Gasteiger partial charge in [0.2, 0.25) is 21.8 Å². The van der Waals surface area contributed by atoms with Gasteiger partial charge in [-0.25, -0.2) is 13.1 Å². The van der Waals surface area contributed by atoms with E-state index in [0.29, 0.717) is 12.2 Å². The van der Waals surface area contributed by atoms with Gasteiger partial charge in [0.05, 0.1) is 4.90 Å². The van der Waals surface area contributed by atoms with Gasteiger partial charge in [-0.3, -0.25) is 9.59 Å². The molecule has 1 aliphatic rings. The van der Waals surface area contributed by atoms with Gasteiger partial charge in [-0.2, -0.15) is 0 Å². The highest BCUT2D eigenvalue weighted by atomic mass is 32.2. The molecule has 2 aromatic rings. The standard InChI is InChI=1S/C25H33N3O4S/c1-3-18(2)25(30)28-22-10-6-7-19(15-22)17-26-24(29)13-14-27-33(31,32)23-12-11-20-8-4-5-9-21(20)16-23/h6-7,10-12,15-16,18,27H,3-5,8-9,13-14,17H2,1-2H3,(H,26,29)(H,28,30). The van der Waals surface area contributed by atoms with Gasteiger partial charge < -0.3 is 10.6 Å². The smallest absolute Gasteiger partial charge is 0.240 e. The Labute approximate surface area is 196 Å². The van der Waals surface area contributed by atoms with Crippen LogP contribution in [0.2, 0.25) is 0 Å². The lowest BCUT2D eigenvalue weighted by atomic mass is 9.92. The molecule has 0 heterocycles. The van der Waals surface area contributed by atoms with E-state index in [9.17, 15) is 18.0 Å². The predicted molar refractivity (Wildman–Crippen MR) is 129 cm³/mol. The van der Waals surface area contributed by atoms with Crippen molar-refractivity contribution >= 4 is 27.5 Å². The summed E-state index contributed by atoms with van der Waals surface area (Å²) in [4.78, 5) is 24.5. The molecule has 0 bridgehead atoms. The predicted octanol–water partition coefficient (Wildman–Crippen LogP) is 3.53. The van der Waals surface area contributed by atoms with E-state index in [1.807, 2.05) is 38.1 Å². The summed E-state index contributed by atoms with van der Waals surface area (Å²) in [6.07, 6.45) is 4.92. The fourth-order valence-electron chi connectivity index (χ4n) is 3.76. The minimum atomic E-state index is -3.65. The van der Waals surface area contributed by atoms with Crippen molar-refractivity contribution in [3.63, 3.8) is 0 Å². The molecule has 8 heteroatoms. The number of nitrogens with one attached hydrogen (secondary N) is 3. The largest absolute Gasteiger partial charge is 0.352 e. The first-order valence-corrected chi connectivity index (χ1v) is 13.0. The minimum absolute atomic E-state index is 0.0241. The van der Waals surface area contributed by atoms with Crippen LogP contribution in [0.1, 0.15) is 56.2 Å². The molecule has 0 aliphatic heterocycles. The van der Waals surface area contributed by atoms with E-state index in [0.717, 1.165) is 43.2 Å². The third-order valence-corrected chi connectivity index (χ3v) is 7.48. The Bertz CT molecular complexity index is 1100. The first-order chi connectivity index (χ1) is 15.8. The molecule has 7 nitrogen and oxygen atoms in total. The Hall–Kier alpha value is -2.71. The van der Waals surface area contributed by atoms with Crippen molar-refractivity contribution in [2.45, 2.75) is 63.8 Å². The molecule has 178 valence electrons. The molecule has 0 radical (unpaired) electrons. The number of aryl methyl sites for hydroxylation is 2. The van der Waals surface area contributed by atoms with Crippen LogP contribution in [0, 0.1) is 5.92 Å². The van der Waals surface area contributed by atoms with Gasteiger partial charge >= 0.3 is 0 Å². The molecular weight excluding hydrogens is 438 g/mol. The van der Waals surface area contributed by atoms with Crippen LogP contribution in [-0.4, -0.2) is 26.8 Å². The van der Waals surface area contributed by atoms with E-state index in [4.69, 9.17) is 0 Å². The number of hydrogen-bond acceptors (Lipinski definition) is 4. The number of carbonyl (C=O) groups is 2. The van der Waals surface area contributed by atoms with Crippen molar-refractivity contribution < 1.29 is 18.0 Å². The number of anilines is 1. The maximum absolute atomic E-state index is 12.6. The van der Waals surface area contributed by atoms with Crippen LogP contribution < -0.4 is 15.4 Å². The summed E-state index contributed by atoms with van der Waals surface area (Å²) in [5.41, 5.74) is 3.86. The number of amides is 2. The topological polar surface area (TPSA) is 104 Å². The lowest BCUT2D eigenvalue weighted by molar-refractivity contribution is -0.121. The second kappa shape index (κ2) is 11.4. The molecule has 1 atom stereocenters. The SMILES string of the molecule is CCC(C)C(=O)Nc1cccc(CNC(=O)CCNS(=O)(=O)c2ccc3c(c2)CCCC3)c1. The van der Waals surface area contributed by atoms with Crippen molar-refractivity contribution in [2.24, 2.45) is 5.92 Å². The summed E-state index contributed by atoms with van der Waals surface area (Å²) in [5, 5.41) is 5.67. The Morgan fingerprint density at radius 2 is 1.79 bits per heavy atom. The number of fused-ring (bicyclic) bond motifs is 1. The van der Waals surface area contributed by atoms with E-state index in [1.54, 1.807) is 18.2 Å². The van der Waals surface area contributed by atoms with Crippen molar-refractivity contribution in [1.29, 1.82) is 0 Å². The summed E-state index contributed by atoms with van der Waals surface area (Å²) in [5.74, 6) is -0.361. The molecule has 0 aromatic heterocycles. The molecule has 1 unspecified atom stereocenters. The maximum Gasteiger partial charge on any atom is 0.240 e. The van der Waals surface area contributed by atoms with Gasteiger partial charge in [-0.05, 0) is 73.1 Å². The summed E-state index contributed by atoms with van der Waals surface area (Å²) < 4.78 is 27.7. The third kappa shape index (κ3) is 7.14. The van der Waals surface area contributed by atoms with Crippen LogP contribution >= 0.6 is 0 Å². The molecule has 33 heavy (non-hydrogen) atoms. The number of carbonyl (C=O) groups excluding carboxylic acids is 2. The van der Waals surface area contributed by atoms with E-state index in [1.165, 1.54) is 5.56 Å². The first kappa shape index (κ1) is 24.9. The quantitative estimate of drug-likeness (QED) is 0.493. The van der Waals surface area contributed by atoms with Crippen molar-refractivity contribution in [3.8, 4) is 0 Å². The van der Waals surface area contributed by atoms with Crippen LogP contribution in [0.25, 0.3) is 0 Å². The zero-order chi connectivity index (χ0) is 23.8. The molecule has 2 aromatic carbocycles. The second-order valence-electron chi connectivity index (χ2n) is 8.56. The van der Waals surface area contributed by atoms with Gasteiger partial charge in [-0.1, -0.05) is 32.0 Å². The number of sulfonamides is 1. The minimum Gasteiger partial charge on any atom is -0.352 e. The molecule has 0 saturated heterocycles. The summed E-state index contributed by atoms with van der Waals surface area (Å²) in [6.45, 7) is 4.15. The fourth-order valence-corrected chi connectivity index (χ4v) is 4.84. The first-order valence-electron chi connectivity index (χ1n) is 11.6. The number of rotatable bonds is 10. The lowest BCUT2D eigenvalue weighted by Crippen LogP contribution is -2.30. The van der Waals surface area contributed by atoms with Crippen molar-refractivity contribution in [1.82, 2.24) is 10.0 Å². The van der Waals surface area contributed by atoms with Gasteiger partial charge in [0, 0.05) is 31.1 Å². The normalized spacial score (nSPS) is 14.2. The second-order valence-corrected chi connectivity index (χ2v) is 10.3. The third-order valence-electron chi connectivity index (χ3n) is 6.02. The zero-order valence-electron chi connectivity index (χ0n) is 19.3. The van der Waals surface area contributed by atoms with E-state index in [2.05, 4.69) is 15.4 Å². The van der Waals surface area contributed by atoms with Crippen LogP contribution in [0.3, 0.4) is 0 Å². The Kier molecular flexibility index (Phi) is 8.63. The molecule has 3 N–H and O–H groups in total. The van der Waals surface area contributed by atoms with Gasteiger partial charge in [0.25, 0.3) is 0 Å². The monoisotopic (exact) mass is 471 g/mol. The Morgan fingerprint density at radius 3 is 2.55 bits per heavy atom. The van der Waals surface area contributed by atoms with E-state index < -0.39 is 10.0 Å². The van der Waals surface area contributed by atoms with Crippen LogP contribution in [0.15, 0.2) is 47.4 Å². The number of benzene rings is 2. The molecular formula is C25H33N3O4S. The average Bonchev–Trinajstić information content (AvgIpc) is 2.82. The molecule has 1 aliphatic carbocycles. The highest BCUT2D eigenvalue weighted by Crippen LogP contribution is 2.24. The number of hydrogen-bond donors (Lipinski definition) is 3. The summed E-state index contributed by atoms with van der Waals surface area (Å²) in [6, 6.07) is 12.6. The van der Waals surface area contributed by atoms with Gasteiger partial charge in [0.1, 0.15) is 0 Å². The highest BCUT2D eigenvalue weighted by Gasteiger charge is 2.18. The Balaban J connectivity index is 1.46. The van der Waals surface area contributed by atoms with Crippen molar-refractivity contribution in [3.05, 3.63) is 59.2 Å². The van der Waals surface area contributed by atoms with Crippen LogP contribution in [-0.2, 0) is 39.0 Å². The zero-order valence-corrected chi connectivity index (χ0v) is 20.1. The summed E-state index contributed by atoms with van der Waals surface area (Å²) in [7, 11) is -3.65. The summed E-state index contributed by atoms with van der Waals surface area (Å²) >= 11 is 0.